The zero-order chi connectivity index (χ0) is 14.9. The minimum Gasteiger partial charge on any atom is -0.356 e. The first-order valence-corrected chi connectivity index (χ1v) is 8.71. The summed E-state index contributed by atoms with van der Waals surface area (Å²) in [6.45, 7) is 3.73. The van der Waals surface area contributed by atoms with E-state index in [2.05, 4.69) is 10.3 Å². The highest BCUT2D eigenvalue weighted by molar-refractivity contribution is 7.89. The van der Waals surface area contributed by atoms with Gasteiger partial charge in [0.2, 0.25) is 10.0 Å². The third kappa shape index (κ3) is 3.29. The standard InChI is InChI=1S/C13H20N4O3S.ClH/c18-13(16-5-1-2-6-16)12-9-11(10-15-12)21(19,20)17-7-3-14-4-8-17;/h9-10,14-15H,1-8H2;1H. The fourth-order valence-corrected chi connectivity index (χ4v) is 4.21. The van der Waals surface area contributed by atoms with Crippen molar-refractivity contribution in [1.29, 1.82) is 0 Å². The topological polar surface area (TPSA) is 85.5 Å². The summed E-state index contributed by atoms with van der Waals surface area (Å²) in [5.74, 6) is -0.116. The van der Waals surface area contributed by atoms with Gasteiger partial charge >= 0.3 is 0 Å². The zero-order valence-electron chi connectivity index (χ0n) is 12.2. The van der Waals surface area contributed by atoms with Gasteiger partial charge in [-0.15, -0.1) is 12.4 Å². The Kier molecular flexibility index (Phi) is 5.49. The van der Waals surface area contributed by atoms with Crippen molar-refractivity contribution in [2.75, 3.05) is 39.3 Å². The number of carbonyl (C=O) groups is 1. The van der Waals surface area contributed by atoms with Crippen molar-refractivity contribution in [2.24, 2.45) is 0 Å². The number of sulfonamides is 1. The third-order valence-corrected chi connectivity index (χ3v) is 5.87. The van der Waals surface area contributed by atoms with E-state index in [0.717, 1.165) is 25.9 Å². The number of hydrogen-bond donors (Lipinski definition) is 2. The van der Waals surface area contributed by atoms with E-state index in [4.69, 9.17) is 0 Å². The summed E-state index contributed by atoms with van der Waals surface area (Å²) in [5.41, 5.74) is 0.352. The molecule has 0 unspecified atom stereocenters. The summed E-state index contributed by atoms with van der Waals surface area (Å²) in [4.78, 5) is 17.0. The number of aromatic nitrogens is 1. The number of hydrogen-bond acceptors (Lipinski definition) is 4. The number of carbonyl (C=O) groups excluding carboxylic acids is 1. The lowest BCUT2D eigenvalue weighted by atomic mass is 10.4. The number of piperazine rings is 1. The van der Waals surface area contributed by atoms with Crippen LogP contribution >= 0.6 is 12.4 Å². The molecule has 0 bridgehead atoms. The summed E-state index contributed by atoms with van der Waals surface area (Å²) >= 11 is 0. The SMILES string of the molecule is Cl.O=C(c1cc(S(=O)(=O)N2CCNCC2)c[nH]1)N1CCCC1. The minimum atomic E-state index is -3.51. The predicted octanol–water partition coefficient (Wildman–Crippen LogP) is 0.266. The number of nitrogens with zero attached hydrogens (tertiary/aromatic N) is 2. The van der Waals surface area contributed by atoms with Gasteiger partial charge in [0.05, 0.1) is 0 Å². The second-order valence-electron chi connectivity index (χ2n) is 5.40. The van der Waals surface area contributed by atoms with Crippen molar-refractivity contribution in [3.63, 3.8) is 0 Å². The average Bonchev–Trinajstić information content (AvgIpc) is 3.19. The number of amides is 1. The molecule has 0 aromatic carbocycles. The molecule has 9 heteroatoms. The molecule has 7 nitrogen and oxygen atoms in total. The van der Waals surface area contributed by atoms with Gasteiger partial charge in [0.25, 0.3) is 5.91 Å². The molecule has 0 atom stereocenters. The Labute approximate surface area is 136 Å². The molecular formula is C13H21ClN4O3S. The van der Waals surface area contributed by atoms with Crippen LogP contribution in [0.4, 0.5) is 0 Å². The van der Waals surface area contributed by atoms with Crippen molar-refractivity contribution in [3.05, 3.63) is 18.0 Å². The maximum absolute atomic E-state index is 12.5. The van der Waals surface area contributed by atoms with Gasteiger partial charge in [-0.2, -0.15) is 4.31 Å². The molecule has 2 aliphatic rings. The number of nitrogens with one attached hydrogen (secondary N) is 2. The van der Waals surface area contributed by atoms with Crippen LogP contribution in [0.2, 0.25) is 0 Å². The molecule has 1 aromatic rings. The van der Waals surface area contributed by atoms with Crippen LogP contribution in [-0.4, -0.2) is 67.8 Å². The van der Waals surface area contributed by atoms with E-state index in [-0.39, 0.29) is 23.2 Å². The first-order valence-electron chi connectivity index (χ1n) is 7.27. The van der Waals surface area contributed by atoms with Gasteiger partial charge in [-0.05, 0) is 18.9 Å². The average molecular weight is 349 g/mol. The molecule has 2 saturated heterocycles. The van der Waals surface area contributed by atoms with E-state index in [1.807, 2.05) is 0 Å². The number of likely N-dealkylation sites (tertiary alicyclic amines) is 1. The number of rotatable bonds is 3. The van der Waals surface area contributed by atoms with Gasteiger partial charge in [0.15, 0.2) is 0 Å². The molecule has 1 amide bonds. The Bertz CT molecular complexity index is 619. The van der Waals surface area contributed by atoms with Gasteiger partial charge in [0.1, 0.15) is 10.6 Å². The lowest BCUT2D eigenvalue weighted by molar-refractivity contribution is 0.0787. The number of aromatic amines is 1. The monoisotopic (exact) mass is 348 g/mol. The van der Waals surface area contributed by atoms with Crippen molar-refractivity contribution < 1.29 is 13.2 Å². The first-order chi connectivity index (χ1) is 10.1. The first kappa shape index (κ1) is 17.3. The van der Waals surface area contributed by atoms with E-state index in [9.17, 15) is 13.2 Å². The van der Waals surface area contributed by atoms with Crippen LogP contribution in [0, 0.1) is 0 Å². The van der Waals surface area contributed by atoms with Gasteiger partial charge in [-0.3, -0.25) is 4.79 Å². The van der Waals surface area contributed by atoms with Gasteiger partial charge < -0.3 is 15.2 Å². The molecule has 2 aliphatic heterocycles. The van der Waals surface area contributed by atoms with Crippen molar-refractivity contribution in [3.8, 4) is 0 Å². The van der Waals surface area contributed by atoms with Crippen LogP contribution in [0.15, 0.2) is 17.2 Å². The largest absolute Gasteiger partial charge is 0.356 e. The second kappa shape index (κ2) is 6.99. The lowest BCUT2D eigenvalue weighted by Crippen LogP contribution is -2.46. The molecule has 3 rings (SSSR count). The van der Waals surface area contributed by atoms with Crippen molar-refractivity contribution in [2.45, 2.75) is 17.7 Å². The molecule has 1 aromatic heterocycles. The molecule has 3 heterocycles. The van der Waals surface area contributed by atoms with E-state index < -0.39 is 10.0 Å². The zero-order valence-corrected chi connectivity index (χ0v) is 13.9. The summed E-state index contributed by atoms with van der Waals surface area (Å²) in [6, 6.07) is 1.46. The van der Waals surface area contributed by atoms with Crippen molar-refractivity contribution >= 4 is 28.3 Å². The highest BCUT2D eigenvalue weighted by Gasteiger charge is 2.28. The lowest BCUT2D eigenvalue weighted by Gasteiger charge is -2.26. The number of H-pyrrole nitrogens is 1. The van der Waals surface area contributed by atoms with Crippen LogP contribution in [0.1, 0.15) is 23.3 Å². The summed E-state index contributed by atoms with van der Waals surface area (Å²) in [6.07, 6.45) is 3.44. The van der Waals surface area contributed by atoms with Crippen LogP contribution < -0.4 is 5.32 Å². The molecule has 0 aliphatic carbocycles. The molecule has 22 heavy (non-hydrogen) atoms. The van der Waals surface area contributed by atoms with Gasteiger partial charge in [0, 0.05) is 45.5 Å². The fourth-order valence-electron chi connectivity index (χ4n) is 2.77. The molecule has 124 valence electrons. The van der Waals surface area contributed by atoms with Crippen molar-refractivity contribution in [1.82, 2.24) is 19.5 Å². The van der Waals surface area contributed by atoms with Gasteiger partial charge in [-0.25, -0.2) is 8.42 Å². The summed E-state index contributed by atoms with van der Waals surface area (Å²) < 4.78 is 26.5. The quantitative estimate of drug-likeness (QED) is 0.821. The molecule has 2 N–H and O–H groups in total. The highest BCUT2D eigenvalue weighted by Crippen LogP contribution is 2.19. The fraction of sp³-hybridized carbons (Fsp3) is 0.615. The Morgan fingerprint density at radius 2 is 1.73 bits per heavy atom. The highest BCUT2D eigenvalue weighted by atomic mass is 35.5. The molecule has 0 saturated carbocycles. The van der Waals surface area contributed by atoms with Crippen LogP contribution in [0.3, 0.4) is 0 Å². The molecule has 0 radical (unpaired) electrons. The van der Waals surface area contributed by atoms with Crippen LogP contribution in [0.25, 0.3) is 0 Å². The summed E-state index contributed by atoms with van der Waals surface area (Å²) in [7, 11) is -3.51. The Morgan fingerprint density at radius 1 is 1.09 bits per heavy atom. The normalized spacial score (nSPS) is 19.9. The van der Waals surface area contributed by atoms with Crippen LogP contribution in [-0.2, 0) is 10.0 Å². The molecule has 2 fully saturated rings. The number of halogens is 1. The van der Waals surface area contributed by atoms with E-state index >= 15 is 0 Å². The minimum absolute atomic E-state index is 0. The van der Waals surface area contributed by atoms with Gasteiger partial charge in [-0.1, -0.05) is 0 Å². The Balaban J connectivity index is 0.00000176. The maximum Gasteiger partial charge on any atom is 0.270 e. The molecule has 0 spiro atoms. The van der Waals surface area contributed by atoms with E-state index in [1.54, 1.807) is 4.90 Å². The second-order valence-corrected chi connectivity index (χ2v) is 7.34. The maximum atomic E-state index is 12.5. The Morgan fingerprint density at radius 3 is 2.36 bits per heavy atom. The molecular weight excluding hydrogens is 328 g/mol. The van der Waals surface area contributed by atoms with E-state index in [1.165, 1.54) is 16.6 Å². The Hall–Kier alpha value is -1.09. The van der Waals surface area contributed by atoms with E-state index in [0.29, 0.717) is 31.9 Å². The predicted molar refractivity (Wildman–Crippen MR) is 84.8 cm³/mol. The third-order valence-electron chi connectivity index (χ3n) is 3.99. The smallest absolute Gasteiger partial charge is 0.270 e. The van der Waals surface area contributed by atoms with Crippen LogP contribution in [0.5, 0.6) is 0 Å². The summed E-state index contributed by atoms with van der Waals surface area (Å²) in [5, 5.41) is 3.12.